The Morgan fingerprint density at radius 1 is 1.05 bits per heavy atom. The first kappa shape index (κ1) is 31.8. The monoisotopic (exact) mass is 637 g/mol. The first-order valence-electron chi connectivity index (χ1n) is 14.6. The molecule has 0 radical (unpaired) electrons. The number of likely N-dealkylation sites (tertiary alicyclic amines) is 2. The molecule has 3 atom stereocenters. The number of amides is 2. The Morgan fingerprint density at radius 2 is 1.73 bits per heavy atom. The Bertz CT molecular complexity index is 1540. The lowest BCUT2D eigenvalue weighted by atomic mass is 10.0. The van der Waals surface area contributed by atoms with Crippen molar-refractivity contribution in [1.29, 1.82) is 0 Å². The second-order valence-electron chi connectivity index (χ2n) is 10.9. The second kappa shape index (κ2) is 14.4. The minimum atomic E-state index is -2.74. The van der Waals surface area contributed by atoms with Gasteiger partial charge in [0.2, 0.25) is 11.8 Å². The zero-order valence-corrected chi connectivity index (χ0v) is 26.8. The number of benzene rings is 3. The molecule has 2 heterocycles. The Morgan fingerprint density at radius 3 is 2.36 bits per heavy atom. The molecule has 3 unspecified atom stereocenters. The van der Waals surface area contributed by atoms with Crippen molar-refractivity contribution < 1.29 is 27.8 Å². The van der Waals surface area contributed by atoms with Crippen LogP contribution in [-0.4, -0.2) is 88.8 Å². The topological polar surface area (TPSA) is 115 Å². The summed E-state index contributed by atoms with van der Waals surface area (Å²) in [5.41, 5.74) is 2.22. The molecule has 44 heavy (non-hydrogen) atoms. The molecule has 3 aromatic carbocycles. The summed E-state index contributed by atoms with van der Waals surface area (Å²) >= 11 is -1.37. The van der Waals surface area contributed by atoms with Crippen molar-refractivity contribution in [3.63, 3.8) is 0 Å². The highest BCUT2D eigenvalue weighted by Crippen LogP contribution is 2.35. The molecule has 0 spiro atoms. The zero-order valence-electron chi connectivity index (χ0n) is 25.1. The second-order valence-corrected chi connectivity index (χ2v) is 12.3. The number of ether oxygens (including phenoxy) is 2. The molecule has 2 saturated heterocycles. The maximum atomic E-state index is 14.0. The summed E-state index contributed by atoms with van der Waals surface area (Å²) in [5.74, 6) is 0.610. The zero-order chi connectivity index (χ0) is 31.2. The first-order valence-corrected chi connectivity index (χ1v) is 16.8. The van der Waals surface area contributed by atoms with E-state index in [1.807, 2.05) is 41.5 Å². The van der Waals surface area contributed by atoms with Gasteiger partial charge < -0.3 is 23.8 Å². The van der Waals surface area contributed by atoms with Gasteiger partial charge in [0.25, 0.3) is 0 Å². The summed E-state index contributed by atoms with van der Waals surface area (Å²) in [6, 6.07) is 14.9. The van der Waals surface area contributed by atoms with Gasteiger partial charge in [-0.15, -0.1) is 0 Å². The largest absolute Gasteiger partial charge is 0.755 e. The highest BCUT2D eigenvalue weighted by molar-refractivity contribution is 7.97. The maximum Gasteiger partial charge on any atom is 0.247 e. The third kappa shape index (κ3) is 6.87. The van der Waals surface area contributed by atoms with E-state index in [0.717, 1.165) is 45.5 Å². The van der Waals surface area contributed by atoms with Gasteiger partial charge in [-0.3, -0.25) is 18.1 Å². The average Bonchev–Trinajstić information content (AvgIpc) is 3.42. The molecule has 234 valence electrons. The Kier molecular flexibility index (Phi) is 10.4. The Balaban J connectivity index is 1.43. The minimum Gasteiger partial charge on any atom is -0.755 e. The molecule has 0 aliphatic carbocycles. The summed E-state index contributed by atoms with van der Waals surface area (Å²) in [4.78, 5) is 31.4. The summed E-state index contributed by atoms with van der Waals surface area (Å²) in [7, 11) is 3.09. The van der Waals surface area contributed by atoms with E-state index < -0.39 is 23.4 Å². The van der Waals surface area contributed by atoms with E-state index in [0.29, 0.717) is 36.7 Å². The molecule has 2 aliphatic rings. The number of carbonyl (C=O) groups is 2. The van der Waals surface area contributed by atoms with Crippen LogP contribution in [-0.2, 0) is 27.3 Å². The molecule has 2 aliphatic heterocycles. The summed E-state index contributed by atoms with van der Waals surface area (Å²) < 4.78 is 41.5. The number of fused-ring (bicyclic) bond motifs is 1. The molecule has 10 nitrogen and oxygen atoms in total. The van der Waals surface area contributed by atoms with Crippen LogP contribution in [0.3, 0.4) is 0 Å². The molecule has 0 N–H and O–H groups in total. The first-order chi connectivity index (χ1) is 21.3. The highest BCUT2D eigenvalue weighted by atomic mass is 32.2. The predicted octanol–water partition coefficient (Wildman–Crippen LogP) is 4.38. The summed E-state index contributed by atoms with van der Waals surface area (Å²) in [6.45, 7) is 1.60. The molecule has 0 aromatic heterocycles. The van der Waals surface area contributed by atoms with Crippen LogP contribution in [0.5, 0.6) is 11.5 Å². The van der Waals surface area contributed by atoms with E-state index in [-0.39, 0.29) is 24.8 Å². The van der Waals surface area contributed by atoms with Crippen molar-refractivity contribution in [1.82, 2.24) is 9.80 Å². The van der Waals surface area contributed by atoms with Crippen LogP contribution in [0.15, 0.2) is 59.0 Å². The standard InChI is InChI=1S/C32H38N4O6S2/c1-41-29-19-24-11-12-26(18-25(24)20-30(29)42-2)36(44(39)40)27-13-16-35(32(27)38)28(31(37)34-14-5-4-6-15-34)17-22-7-9-23(10-8-22)21-33-43-3/h7-12,18-21,27-28H,4-6,13-17H2,1-3H3,(H,39,40)/p-1. The van der Waals surface area contributed by atoms with E-state index in [4.69, 9.17) is 9.47 Å². The van der Waals surface area contributed by atoms with Gasteiger partial charge in [-0.25, -0.2) is 4.40 Å². The van der Waals surface area contributed by atoms with E-state index >= 15 is 0 Å². The molecule has 12 heteroatoms. The summed E-state index contributed by atoms with van der Waals surface area (Å²) in [6.07, 6.45) is 7.21. The number of carbonyl (C=O) groups excluding carboxylic acids is 2. The van der Waals surface area contributed by atoms with Crippen molar-refractivity contribution >= 4 is 57.7 Å². The molecule has 2 fully saturated rings. The Labute approximate surface area is 264 Å². The predicted molar refractivity (Wildman–Crippen MR) is 174 cm³/mol. The number of hydrogen-bond acceptors (Lipinski definition) is 8. The van der Waals surface area contributed by atoms with Crippen molar-refractivity contribution in [3.05, 3.63) is 65.7 Å². The quantitative estimate of drug-likeness (QED) is 0.174. The van der Waals surface area contributed by atoms with Crippen LogP contribution < -0.4 is 13.8 Å². The molecular weight excluding hydrogens is 601 g/mol. The van der Waals surface area contributed by atoms with Gasteiger partial charge in [0.1, 0.15) is 12.1 Å². The highest BCUT2D eigenvalue weighted by Gasteiger charge is 2.43. The number of anilines is 1. The number of hydrogen-bond donors (Lipinski definition) is 0. The van der Waals surface area contributed by atoms with Crippen LogP contribution in [0.25, 0.3) is 10.8 Å². The van der Waals surface area contributed by atoms with E-state index in [9.17, 15) is 18.4 Å². The normalized spacial score (nSPS) is 18.5. The van der Waals surface area contributed by atoms with Gasteiger partial charge >= 0.3 is 0 Å². The van der Waals surface area contributed by atoms with Crippen LogP contribution in [0.4, 0.5) is 5.69 Å². The fourth-order valence-corrected chi connectivity index (χ4v) is 6.93. The van der Waals surface area contributed by atoms with Crippen molar-refractivity contribution in [2.24, 2.45) is 4.40 Å². The molecule has 3 aromatic rings. The van der Waals surface area contributed by atoms with Crippen LogP contribution >= 0.6 is 11.9 Å². The summed E-state index contributed by atoms with van der Waals surface area (Å²) in [5, 5.41) is 1.57. The number of piperidine rings is 1. The third-order valence-electron chi connectivity index (χ3n) is 8.28. The van der Waals surface area contributed by atoms with Crippen molar-refractivity contribution in [2.45, 2.75) is 44.2 Å². The lowest BCUT2D eigenvalue weighted by Crippen LogP contribution is -2.53. The van der Waals surface area contributed by atoms with Crippen LogP contribution in [0.2, 0.25) is 0 Å². The lowest BCUT2D eigenvalue weighted by molar-refractivity contribution is -0.144. The number of nitrogens with zero attached hydrogens (tertiary/aromatic N) is 4. The molecule has 5 rings (SSSR count). The van der Waals surface area contributed by atoms with Gasteiger partial charge in [0, 0.05) is 55.5 Å². The van der Waals surface area contributed by atoms with E-state index in [1.54, 1.807) is 42.5 Å². The Hall–Kier alpha value is -3.61. The SMILES string of the molecule is COc1cc2ccc(N(C3CCN(C(Cc4ccc(C=NSC)cc4)C(=O)N4CCCCC4)C3=O)S(=O)[O-])cc2cc1OC. The van der Waals surface area contributed by atoms with Gasteiger partial charge in [-0.1, -0.05) is 30.3 Å². The van der Waals surface area contributed by atoms with E-state index in [2.05, 4.69) is 4.40 Å². The number of rotatable bonds is 11. The van der Waals surface area contributed by atoms with Gasteiger partial charge in [0.15, 0.2) is 11.5 Å². The molecule has 0 bridgehead atoms. The van der Waals surface area contributed by atoms with Gasteiger partial charge in [-0.2, -0.15) is 0 Å². The number of methoxy groups -OCH3 is 2. The third-order valence-corrected chi connectivity index (χ3v) is 9.38. The average molecular weight is 638 g/mol. The van der Waals surface area contributed by atoms with Gasteiger partial charge in [-0.05, 0) is 83.8 Å². The molecule has 2 amide bonds. The molecular formula is C32H37N4O6S2-. The minimum absolute atomic E-state index is 0.0896. The van der Waals surface area contributed by atoms with Crippen LogP contribution in [0.1, 0.15) is 36.8 Å². The fourth-order valence-electron chi connectivity index (χ4n) is 6.02. The fraction of sp³-hybridized carbons (Fsp3) is 0.406. The van der Waals surface area contributed by atoms with Crippen molar-refractivity contribution in [2.75, 3.05) is 44.4 Å². The van der Waals surface area contributed by atoms with E-state index in [1.165, 1.54) is 19.1 Å². The van der Waals surface area contributed by atoms with Crippen molar-refractivity contribution in [3.8, 4) is 11.5 Å². The smallest absolute Gasteiger partial charge is 0.247 e. The molecule has 0 saturated carbocycles. The van der Waals surface area contributed by atoms with Gasteiger partial charge in [0.05, 0.1) is 14.2 Å². The van der Waals surface area contributed by atoms with Crippen LogP contribution in [0, 0.1) is 0 Å². The maximum absolute atomic E-state index is 14.0. The lowest BCUT2D eigenvalue weighted by Gasteiger charge is -2.36.